The molecule has 14 heteroatoms. The number of carbonyl (C=O) groups is 1. The Morgan fingerprint density at radius 3 is 2.65 bits per heavy atom. The van der Waals surface area contributed by atoms with Crippen LogP contribution in [0.1, 0.15) is 49.6 Å². The highest BCUT2D eigenvalue weighted by atomic mass is 79.9. The summed E-state index contributed by atoms with van der Waals surface area (Å²) >= 11 is 3.12. The van der Waals surface area contributed by atoms with Crippen LogP contribution in [0, 0.1) is 0 Å². The Labute approximate surface area is 258 Å². The average molecular weight is 679 g/mol. The fraction of sp³-hybridized carbons (Fsp3) is 0.414. The van der Waals surface area contributed by atoms with Crippen molar-refractivity contribution in [2.75, 3.05) is 30.8 Å². The Balaban J connectivity index is 1.61. The lowest BCUT2D eigenvalue weighted by molar-refractivity contribution is -0.118. The number of unbranched alkanes of at least 4 members (excludes halogenated alkanes) is 1. The minimum Gasteiger partial charge on any atom is -0.504 e. The predicted molar refractivity (Wildman–Crippen MR) is 168 cm³/mol. The van der Waals surface area contributed by atoms with Gasteiger partial charge in [-0.25, -0.2) is 14.5 Å². The fourth-order valence-electron chi connectivity index (χ4n) is 4.85. The highest BCUT2D eigenvalue weighted by Crippen LogP contribution is 2.43. The number of phenols is 1. The van der Waals surface area contributed by atoms with E-state index in [2.05, 4.69) is 39.2 Å². The highest BCUT2D eigenvalue weighted by molar-refractivity contribution is 9.09. The summed E-state index contributed by atoms with van der Waals surface area (Å²) in [6.45, 7) is 3.99. The standard InChI is InChI=1S/C29H37BrN5O7P/c1-2-3-10-24-34-26-27(35(24)18-20-8-4-9-23(28(20)37)42-43(38,39)40)21-16-19(11-12-22(21)33-29(26)31)7-5-14-41-15-6-13-32-25(36)17-30/h4,8-9,11-12,16,37H,2-3,5-7,10,13-15,17-18H2,1H3,(H2,31,33)(H,32,36)(H2,38,39,40). The number of phenolic OH excluding ortho intramolecular Hbond substituents is 1. The second-order valence-electron chi connectivity index (χ2n) is 10.2. The molecular weight excluding hydrogens is 641 g/mol. The van der Waals surface area contributed by atoms with E-state index in [9.17, 15) is 24.3 Å². The number of benzene rings is 2. The average Bonchev–Trinajstić information content (AvgIpc) is 3.33. The van der Waals surface area contributed by atoms with Gasteiger partial charge >= 0.3 is 7.82 Å². The number of rotatable bonds is 16. The van der Waals surface area contributed by atoms with Gasteiger partial charge in [0.15, 0.2) is 17.3 Å². The number of ether oxygens (including phenoxy) is 1. The van der Waals surface area contributed by atoms with Gasteiger partial charge in [0.1, 0.15) is 11.3 Å². The molecule has 232 valence electrons. The zero-order valence-electron chi connectivity index (χ0n) is 24.0. The topological polar surface area (TPSA) is 182 Å². The number of carbonyl (C=O) groups excluding carboxylic acids is 1. The van der Waals surface area contributed by atoms with Crippen LogP contribution in [0.5, 0.6) is 11.5 Å². The van der Waals surface area contributed by atoms with Gasteiger partial charge in [-0.3, -0.25) is 14.6 Å². The van der Waals surface area contributed by atoms with E-state index < -0.39 is 7.82 Å². The first-order valence-electron chi connectivity index (χ1n) is 14.1. The number of nitrogen functional groups attached to an aromatic ring is 1. The van der Waals surface area contributed by atoms with Crippen molar-refractivity contribution in [2.45, 2.75) is 52.0 Å². The number of aromatic hydroxyl groups is 1. The van der Waals surface area contributed by atoms with Crippen LogP contribution < -0.4 is 15.6 Å². The van der Waals surface area contributed by atoms with E-state index in [1.165, 1.54) is 6.07 Å². The van der Waals surface area contributed by atoms with Crippen LogP contribution >= 0.6 is 23.8 Å². The summed E-state index contributed by atoms with van der Waals surface area (Å²) in [5.41, 5.74) is 9.93. The lowest BCUT2D eigenvalue weighted by atomic mass is 10.1. The monoisotopic (exact) mass is 677 g/mol. The molecular formula is C29H37BrN5O7P. The van der Waals surface area contributed by atoms with Gasteiger partial charge in [0.25, 0.3) is 0 Å². The molecule has 4 aromatic rings. The second-order valence-corrected chi connectivity index (χ2v) is 11.9. The van der Waals surface area contributed by atoms with Crippen molar-refractivity contribution < 1.29 is 33.5 Å². The number of nitrogens with two attached hydrogens (primary N) is 1. The highest BCUT2D eigenvalue weighted by Gasteiger charge is 2.22. The summed E-state index contributed by atoms with van der Waals surface area (Å²) in [5.74, 6) is 0.371. The van der Waals surface area contributed by atoms with Crippen LogP contribution in [0.3, 0.4) is 0 Å². The van der Waals surface area contributed by atoms with Gasteiger partial charge < -0.3 is 30.0 Å². The fourth-order valence-corrected chi connectivity index (χ4v) is 5.45. The molecule has 43 heavy (non-hydrogen) atoms. The summed E-state index contributed by atoms with van der Waals surface area (Å²) in [4.78, 5) is 39.3. The number of aryl methyl sites for hydroxylation is 2. The summed E-state index contributed by atoms with van der Waals surface area (Å²) < 4.78 is 23.9. The number of fused-ring (bicyclic) bond motifs is 3. The molecule has 1 amide bonds. The van der Waals surface area contributed by atoms with E-state index in [4.69, 9.17) is 20.0 Å². The lowest BCUT2D eigenvalue weighted by Crippen LogP contribution is -2.26. The van der Waals surface area contributed by atoms with Crippen LogP contribution in [-0.2, 0) is 33.5 Å². The third-order valence-corrected chi connectivity index (χ3v) is 7.84. The van der Waals surface area contributed by atoms with Crippen molar-refractivity contribution >= 4 is 57.4 Å². The molecule has 2 aromatic carbocycles. The van der Waals surface area contributed by atoms with E-state index in [1.54, 1.807) is 12.1 Å². The first-order chi connectivity index (χ1) is 20.6. The molecule has 0 aliphatic rings. The number of phosphoric ester groups is 1. The van der Waals surface area contributed by atoms with Crippen molar-refractivity contribution in [3.8, 4) is 11.5 Å². The van der Waals surface area contributed by atoms with Crippen LogP contribution in [-0.4, -0.2) is 60.4 Å². The Morgan fingerprint density at radius 1 is 1.12 bits per heavy atom. The number of aromatic nitrogens is 3. The second kappa shape index (κ2) is 15.0. The number of amides is 1. The molecule has 0 aliphatic heterocycles. The number of nitrogens with one attached hydrogen (secondary N) is 1. The van der Waals surface area contributed by atoms with Gasteiger partial charge in [-0.15, -0.1) is 0 Å². The Hall–Kier alpha value is -3.22. The van der Waals surface area contributed by atoms with Crippen LogP contribution in [0.25, 0.3) is 21.9 Å². The maximum atomic E-state index is 11.4. The normalized spacial score (nSPS) is 11.8. The predicted octanol–water partition coefficient (Wildman–Crippen LogP) is 4.59. The number of alkyl halides is 1. The third kappa shape index (κ3) is 8.67. The first-order valence-corrected chi connectivity index (χ1v) is 16.8. The SMILES string of the molecule is CCCCc1nc2c(N)nc3ccc(CCCOCCCNC(=O)CBr)cc3c2n1Cc1cccc(OP(=O)(O)O)c1O. The maximum Gasteiger partial charge on any atom is 0.524 e. The third-order valence-electron chi connectivity index (χ3n) is 6.89. The quantitative estimate of drug-likeness (QED) is 0.0639. The number of imidazole rings is 1. The Bertz CT molecular complexity index is 1620. The van der Waals surface area contributed by atoms with Crippen LogP contribution in [0.15, 0.2) is 36.4 Å². The summed E-state index contributed by atoms with van der Waals surface area (Å²) in [6, 6.07) is 10.6. The van der Waals surface area contributed by atoms with Crippen molar-refractivity contribution in [3.63, 3.8) is 0 Å². The largest absolute Gasteiger partial charge is 0.524 e. The van der Waals surface area contributed by atoms with Crippen LogP contribution in [0.4, 0.5) is 5.82 Å². The molecule has 0 aliphatic carbocycles. The number of phosphoric acid groups is 1. The summed E-state index contributed by atoms with van der Waals surface area (Å²) in [6.07, 6.45) is 4.84. The minimum absolute atomic E-state index is 0.0419. The molecule has 0 radical (unpaired) electrons. The van der Waals surface area contributed by atoms with E-state index >= 15 is 0 Å². The zero-order valence-corrected chi connectivity index (χ0v) is 26.4. The molecule has 2 aromatic heterocycles. The number of halogens is 1. The Kier molecular flexibility index (Phi) is 11.4. The number of hydrogen-bond donors (Lipinski definition) is 5. The molecule has 0 bridgehead atoms. The molecule has 0 saturated heterocycles. The van der Waals surface area contributed by atoms with Gasteiger partial charge in [0, 0.05) is 37.1 Å². The number of nitrogens with zero attached hydrogens (tertiary/aromatic N) is 3. The molecule has 0 spiro atoms. The molecule has 12 nitrogen and oxygen atoms in total. The van der Waals surface area contributed by atoms with Crippen molar-refractivity contribution in [1.82, 2.24) is 19.9 Å². The van der Waals surface area contributed by atoms with Gasteiger partial charge in [0.05, 0.1) is 22.9 Å². The van der Waals surface area contributed by atoms with E-state index in [-0.39, 0.29) is 24.0 Å². The van der Waals surface area contributed by atoms with Crippen LogP contribution in [0.2, 0.25) is 0 Å². The number of anilines is 1. The molecule has 6 N–H and O–H groups in total. The maximum absolute atomic E-state index is 11.4. The Morgan fingerprint density at radius 2 is 1.91 bits per heavy atom. The number of para-hydroxylation sites is 1. The first kappa shape index (κ1) is 32.7. The minimum atomic E-state index is -4.87. The number of hydrogen-bond acceptors (Lipinski definition) is 8. The molecule has 4 rings (SSSR count). The number of pyridine rings is 1. The van der Waals surface area contributed by atoms with E-state index in [1.807, 2.05) is 16.7 Å². The van der Waals surface area contributed by atoms with Crippen molar-refractivity contribution in [2.24, 2.45) is 0 Å². The van der Waals surface area contributed by atoms with Gasteiger partial charge in [-0.2, -0.15) is 0 Å². The zero-order chi connectivity index (χ0) is 31.0. The van der Waals surface area contributed by atoms with Crippen molar-refractivity contribution in [3.05, 3.63) is 53.3 Å². The molecule has 0 unspecified atom stereocenters. The smallest absolute Gasteiger partial charge is 0.504 e. The van der Waals surface area contributed by atoms with Gasteiger partial charge in [0.2, 0.25) is 5.91 Å². The molecule has 2 heterocycles. The summed E-state index contributed by atoms with van der Waals surface area (Å²) in [7, 11) is -4.87. The van der Waals surface area contributed by atoms with Gasteiger partial charge in [-0.05, 0) is 49.4 Å². The molecule has 0 atom stereocenters. The van der Waals surface area contributed by atoms with E-state index in [0.29, 0.717) is 53.9 Å². The molecule has 0 saturated carbocycles. The molecule has 0 fully saturated rings. The summed E-state index contributed by atoms with van der Waals surface area (Å²) in [5, 5.41) is 14.8. The van der Waals surface area contributed by atoms with E-state index in [0.717, 1.165) is 54.4 Å². The lowest BCUT2D eigenvalue weighted by Gasteiger charge is -2.15. The van der Waals surface area contributed by atoms with Gasteiger partial charge in [-0.1, -0.05) is 47.5 Å². The van der Waals surface area contributed by atoms with Crippen molar-refractivity contribution in [1.29, 1.82) is 0 Å².